The number of nitrogens with zero attached hydrogens (tertiary/aromatic N) is 6. The zero-order valence-electron chi connectivity index (χ0n) is 11.8. The molecule has 0 saturated carbocycles. The van der Waals surface area contributed by atoms with Crippen LogP contribution in [0.1, 0.15) is 0 Å². The summed E-state index contributed by atoms with van der Waals surface area (Å²) in [4.78, 5) is 8.50. The van der Waals surface area contributed by atoms with Gasteiger partial charge in [0.1, 0.15) is 0 Å². The lowest BCUT2D eigenvalue weighted by Crippen LogP contribution is -1.92. The molecule has 0 amide bonds. The number of halogens is 1. The topological polar surface area (TPSA) is 85.2 Å². The summed E-state index contributed by atoms with van der Waals surface area (Å²) < 4.78 is 1.89. The fourth-order valence-corrected chi connectivity index (χ4v) is 2.54. The Hall–Kier alpha value is -3.06. The highest BCUT2D eigenvalue weighted by atomic mass is 35.5. The van der Waals surface area contributed by atoms with Crippen LogP contribution < -0.4 is 0 Å². The molecule has 0 radical (unpaired) electrons. The van der Waals surface area contributed by atoms with E-state index in [1.165, 1.54) is 0 Å². The number of aromatic nitrogens is 7. The smallest absolute Gasteiger partial charge is 0.179 e. The number of hydrogen-bond acceptors (Lipinski definition) is 5. The van der Waals surface area contributed by atoms with Gasteiger partial charge in [-0.05, 0) is 28.6 Å². The van der Waals surface area contributed by atoms with E-state index in [1.54, 1.807) is 18.7 Å². The molecule has 0 aliphatic heterocycles. The quantitative estimate of drug-likeness (QED) is 0.626. The normalized spacial score (nSPS) is 10.8. The zero-order valence-corrected chi connectivity index (χ0v) is 12.5. The largest absolute Gasteiger partial charge is 0.305 e. The van der Waals surface area contributed by atoms with Crippen molar-refractivity contribution in [3.63, 3.8) is 0 Å². The number of H-pyrrole nitrogens is 1. The van der Waals surface area contributed by atoms with Crippen LogP contribution in [0.3, 0.4) is 0 Å². The second-order valence-corrected chi connectivity index (χ2v) is 5.22. The number of hydrogen-bond donors (Lipinski definition) is 1. The maximum absolute atomic E-state index is 6.38. The molecule has 0 atom stereocenters. The summed E-state index contributed by atoms with van der Waals surface area (Å²) in [7, 11) is 0. The van der Waals surface area contributed by atoms with Crippen molar-refractivity contribution >= 4 is 11.6 Å². The molecular formula is C15H10ClN7. The molecule has 7 nitrogen and oxygen atoms in total. The first-order chi connectivity index (χ1) is 11.3. The summed E-state index contributed by atoms with van der Waals surface area (Å²) in [5, 5.41) is 14.3. The number of pyridine rings is 1. The van der Waals surface area contributed by atoms with Gasteiger partial charge in [-0.3, -0.25) is 4.98 Å². The SMILES string of the molecule is Clc1cc(-c2nnn[nH]2)ccc1-c1ccc(-n2ccnc2)cn1. The van der Waals surface area contributed by atoms with Crippen LogP contribution in [-0.2, 0) is 0 Å². The fraction of sp³-hybridized carbons (Fsp3) is 0. The zero-order chi connectivity index (χ0) is 15.6. The molecule has 0 saturated heterocycles. The lowest BCUT2D eigenvalue weighted by molar-refractivity contribution is 0.881. The second-order valence-electron chi connectivity index (χ2n) is 4.82. The minimum atomic E-state index is 0.571. The summed E-state index contributed by atoms with van der Waals surface area (Å²) >= 11 is 6.38. The van der Waals surface area contributed by atoms with Gasteiger partial charge in [0, 0.05) is 23.5 Å². The molecular weight excluding hydrogens is 314 g/mol. The van der Waals surface area contributed by atoms with Gasteiger partial charge in [-0.15, -0.1) is 5.10 Å². The molecule has 0 fully saturated rings. The molecule has 0 spiro atoms. The molecule has 3 aromatic heterocycles. The Kier molecular flexibility index (Phi) is 3.32. The van der Waals surface area contributed by atoms with Crippen LogP contribution in [0.2, 0.25) is 5.02 Å². The fourth-order valence-electron chi connectivity index (χ4n) is 2.26. The van der Waals surface area contributed by atoms with Crippen LogP contribution in [0.4, 0.5) is 0 Å². The van der Waals surface area contributed by atoms with Gasteiger partial charge in [0.05, 0.1) is 28.9 Å². The van der Waals surface area contributed by atoms with Crippen molar-refractivity contribution in [2.45, 2.75) is 0 Å². The first-order valence-electron chi connectivity index (χ1n) is 6.80. The molecule has 0 bridgehead atoms. The molecule has 4 aromatic rings. The van der Waals surface area contributed by atoms with Gasteiger partial charge in [0.25, 0.3) is 0 Å². The molecule has 112 valence electrons. The third kappa shape index (κ3) is 2.58. The van der Waals surface area contributed by atoms with E-state index in [0.717, 1.165) is 22.5 Å². The molecule has 8 heteroatoms. The van der Waals surface area contributed by atoms with Crippen LogP contribution in [0, 0.1) is 0 Å². The maximum atomic E-state index is 6.38. The van der Waals surface area contributed by atoms with Gasteiger partial charge in [0.15, 0.2) is 5.82 Å². The van der Waals surface area contributed by atoms with Crippen LogP contribution >= 0.6 is 11.6 Å². The van der Waals surface area contributed by atoms with Crippen molar-refractivity contribution in [1.82, 2.24) is 35.2 Å². The first-order valence-corrected chi connectivity index (χ1v) is 7.17. The van der Waals surface area contributed by atoms with E-state index in [-0.39, 0.29) is 0 Å². The van der Waals surface area contributed by atoms with Crippen LogP contribution in [0.15, 0.2) is 55.2 Å². The monoisotopic (exact) mass is 323 g/mol. The van der Waals surface area contributed by atoms with Crippen molar-refractivity contribution in [1.29, 1.82) is 0 Å². The number of rotatable bonds is 3. The lowest BCUT2D eigenvalue weighted by Gasteiger charge is -2.07. The molecule has 23 heavy (non-hydrogen) atoms. The van der Waals surface area contributed by atoms with Crippen molar-refractivity contribution in [3.05, 3.63) is 60.3 Å². The highest BCUT2D eigenvalue weighted by Gasteiger charge is 2.09. The summed E-state index contributed by atoms with van der Waals surface area (Å²) in [6.07, 6.45) is 7.09. The highest BCUT2D eigenvalue weighted by molar-refractivity contribution is 6.33. The van der Waals surface area contributed by atoms with Crippen LogP contribution in [0.5, 0.6) is 0 Å². The van der Waals surface area contributed by atoms with Crippen molar-refractivity contribution in [2.24, 2.45) is 0 Å². The summed E-state index contributed by atoms with van der Waals surface area (Å²) in [5.74, 6) is 0.571. The van der Waals surface area contributed by atoms with E-state index in [9.17, 15) is 0 Å². The van der Waals surface area contributed by atoms with E-state index >= 15 is 0 Å². The molecule has 3 heterocycles. The molecule has 4 rings (SSSR count). The van der Waals surface area contributed by atoms with Crippen LogP contribution in [0.25, 0.3) is 28.3 Å². The van der Waals surface area contributed by atoms with Gasteiger partial charge < -0.3 is 4.57 Å². The van der Waals surface area contributed by atoms with Crippen molar-refractivity contribution in [2.75, 3.05) is 0 Å². The van der Waals surface area contributed by atoms with Gasteiger partial charge >= 0.3 is 0 Å². The average Bonchev–Trinajstić information content (AvgIpc) is 3.29. The molecule has 0 unspecified atom stereocenters. The van der Waals surface area contributed by atoms with E-state index < -0.39 is 0 Å². The van der Waals surface area contributed by atoms with E-state index in [2.05, 4.69) is 30.6 Å². The predicted molar refractivity (Wildman–Crippen MR) is 85.0 cm³/mol. The minimum Gasteiger partial charge on any atom is -0.305 e. The number of imidazole rings is 1. The lowest BCUT2D eigenvalue weighted by atomic mass is 10.1. The summed E-state index contributed by atoms with van der Waals surface area (Å²) in [6, 6.07) is 9.50. The number of tetrazole rings is 1. The van der Waals surface area contributed by atoms with E-state index in [1.807, 2.05) is 41.1 Å². The Morgan fingerprint density at radius 3 is 2.74 bits per heavy atom. The summed E-state index contributed by atoms with van der Waals surface area (Å²) in [5.41, 5.74) is 3.40. The standard InChI is InChI=1S/C15H10ClN7/c16-13-7-10(15-19-21-22-20-15)1-3-12(13)14-4-2-11(8-18-14)23-6-5-17-9-23/h1-9H,(H,19,20,21,22). The first kappa shape index (κ1) is 13.6. The van der Waals surface area contributed by atoms with Crippen molar-refractivity contribution in [3.8, 4) is 28.3 Å². The molecule has 0 aliphatic rings. The Bertz CT molecular complexity index is 915. The molecule has 0 aliphatic carbocycles. The van der Waals surface area contributed by atoms with E-state index in [4.69, 9.17) is 11.6 Å². The highest BCUT2D eigenvalue weighted by Crippen LogP contribution is 2.30. The molecule has 1 aromatic carbocycles. The Morgan fingerprint density at radius 2 is 2.09 bits per heavy atom. The number of benzene rings is 1. The Labute approximate surface area is 136 Å². The Balaban J connectivity index is 1.68. The number of aromatic amines is 1. The second kappa shape index (κ2) is 5.62. The van der Waals surface area contributed by atoms with E-state index in [0.29, 0.717) is 10.8 Å². The number of nitrogens with one attached hydrogen (secondary N) is 1. The van der Waals surface area contributed by atoms with Gasteiger partial charge in [-0.1, -0.05) is 23.7 Å². The molecule has 1 N–H and O–H groups in total. The minimum absolute atomic E-state index is 0.571. The third-order valence-corrected chi connectivity index (χ3v) is 3.73. The summed E-state index contributed by atoms with van der Waals surface area (Å²) in [6.45, 7) is 0. The Morgan fingerprint density at radius 1 is 1.13 bits per heavy atom. The predicted octanol–water partition coefficient (Wildman–Crippen LogP) is 2.77. The van der Waals surface area contributed by atoms with Crippen molar-refractivity contribution < 1.29 is 0 Å². The van der Waals surface area contributed by atoms with Crippen LogP contribution in [-0.4, -0.2) is 35.2 Å². The average molecular weight is 324 g/mol. The third-order valence-electron chi connectivity index (χ3n) is 3.41. The van der Waals surface area contributed by atoms with Gasteiger partial charge in [-0.25, -0.2) is 10.1 Å². The van der Waals surface area contributed by atoms with Gasteiger partial charge in [-0.2, -0.15) is 0 Å². The van der Waals surface area contributed by atoms with Gasteiger partial charge in [0.2, 0.25) is 0 Å². The maximum Gasteiger partial charge on any atom is 0.179 e.